The molecular formula is C14H29N3O. The Morgan fingerprint density at radius 1 is 1.50 bits per heavy atom. The van der Waals surface area contributed by atoms with Gasteiger partial charge in [0.25, 0.3) is 0 Å². The molecule has 1 aliphatic rings. The van der Waals surface area contributed by atoms with E-state index >= 15 is 0 Å². The highest BCUT2D eigenvalue weighted by Crippen LogP contribution is 2.23. The Kier molecular flexibility index (Phi) is 5.60. The van der Waals surface area contributed by atoms with E-state index in [1.165, 1.54) is 19.3 Å². The third-order valence-corrected chi connectivity index (χ3v) is 3.90. The summed E-state index contributed by atoms with van der Waals surface area (Å²) in [6.07, 6.45) is 3.50. The van der Waals surface area contributed by atoms with Crippen LogP contribution in [-0.2, 0) is 4.79 Å². The summed E-state index contributed by atoms with van der Waals surface area (Å²) >= 11 is 0. The molecule has 3 N–H and O–H groups in total. The highest BCUT2D eigenvalue weighted by molar-refractivity contribution is 5.84. The van der Waals surface area contributed by atoms with Gasteiger partial charge in [0.1, 0.15) is 5.54 Å². The molecule has 4 heteroatoms. The number of hydrogen-bond donors (Lipinski definition) is 2. The van der Waals surface area contributed by atoms with Gasteiger partial charge in [0.2, 0.25) is 5.91 Å². The van der Waals surface area contributed by atoms with Crippen LogP contribution in [0.1, 0.15) is 47.0 Å². The Balaban J connectivity index is 2.58. The number of nitrogens with two attached hydrogens (primary N) is 1. The largest absolute Gasteiger partial charge is 0.368 e. The van der Waals surface area contributed by atoms with Crippen molar-refractivity contribution in [1.29, 1.82) is 0 Å². The van der Waals surface area contributed by atoms with E-state index in [1.54, 1.807) is 0 Å². The lowest BCUT2D eigenvalue weighted by atomic mass is 9.99. The summed E-state index contributed by atoms with van der Waals surface area (Å²) in [5.41, 5.74) is 4.99. The molecule has 2 atom stereocenters. The van der Waals surface area contributed by atoms with Gasteiger partial charge in [-0.05, 0) is 32.2 Å². The fourth-order valence-corrected chi connectivity index (χ4v) is 2.20. The second kappa shape index (κ2) is 6.53. The third kappa shape index (κ3) is 4.58. The van der Waals surface area contributed by atoms with Gasteiger partial charge in [-0.25, -0.2) is 0 Å². The number of nitrogens with zero attached hydrogens (tertiary/aromatic N) is 1. The van der Waals surface area contributed by atoms with Gasteiger partial charge in [-0.2, -0.15) is 0 Å². The van der Waals surface area contributed by atoms with Crippen LogP contribution < -0.4 is 11.1 Å². The van der Waals surface area contributed by atoms with Crippen LogP contribution in [0, 0.1) is 5.92 Å². The topological polar surface area (TPSA) is 58.4 Å². The van der Waals surface area contributed by atoms with Gasteiger partial charge in [-0.1, -0.05) is 27.2 Å². The van der Waals surface area contributed by atoms with Crippen molar-refractivity contribution in [3.63, 3.8) is 0 Å². The molecule has 0 aliphatic heterocycles. The Morgan fingerprint density at radius 2 is 2.11 bits per heavy atom. The Morgan fingerprint density at radius 3 is 2.50 bits per heavy atom. The van der Waals surface area contributed by atoms with Gasteiger partial charge >= 0.3 is 0 Å². The minimum Gasteiger partial charge on any atom is -0.368 e. The van der Waals surface area contributed by atoms with Gasteiger partial charge in [0.15, 0.2) is 0 Å². The van der Waals surface area contributed by atoms with Gasteiger partial charge in [0, 0.05) is 19.1 Å². The summed E-state index contributed by atoms with van der Waals surface area (Å²) < 4.78 is 0. The summed E-state index contributed by atoms with van der Waals surface area (Å²) in [5.74, 6) is 0.417. The highest BCUT2D eigenvalue weighted by atomic mass is 16.1. The maximum Gasteiger partial charge on any atom is 0.238 e. The lowest BCUT2D eigenvalue weighted by molar-refractivity contribution is -0.124. The summed E-state index contributed by atoms with van der Waals surface area (Å²) in [7, 11) is 0. The number of carbonyl (C=O) groups excluding carboxylic acids is 1. The van der Waals surface area contributed by atoms with Gasteiger partial charge in [-0.3, -0.25) is 10.1 Å². The predicted octanol–water partition coefficient (Wildman–Crippen LogP) is 1.35. The first-order chi connectivity index (χ1) is 8.41. The van der Waals surface area contributed by atoms with Crippen LogP contribution in [-0.4, -0.2) is 42.0 Å². The predicted molar refractivity (Wildman–Crippen MR) is 75.3 cm³/mol. The van der Waals surface area contributed by atoms with Crippen molar-refractivity contribution in [1.82, 2.24) is 10.2 Å². The van der Waals surface area contributed by atoms with Gasteiger partial charge < -0.3 is 10.6 Å². The first-order valence-electron chi connectivity index (χ1n) is 7.21. The van der Waals surface area contributed by atoms with Crippen LogP contribution in [0.2, 0.25) is 0 Å². The van der Waals surface area contributed by atoms with E-state index < -0.39 is 5.54 Å². The van der Waals surface area contributed by atoms with Gasteiger partial charge in [-0.15, -0.1) is 0 Å². The molecule has 0 bridgehead atoms. The van der Waals surface area contributed by atoms with E-state index in [0.717, 1.165) is 13.1 Å². The molecule has 0 saturated heterocycles. The van der Waals surface area contributed by atoms with E-state index in [-0.39, 0.29) is 5.91 Å². The Bertz CT molecular complexity index is 278. The molecule has 0 radical (unpaired) electrons. The van der Waals surface area contributed by atoms with Crippen LogP contribution >= 0.6 is 0 Å². The van der Waals surface area contributed by atoms with Crippen molar-refractivity contribution < 1.29 is 4.79 Å². The second-order valence-electron chi connectivity index (χ2n) is 5.96. The van der Waals surface area contributed by atoms with Crippen molar-refractivity contribution >= 4 is 5.91 Å². The number of nitrogens with one attached hydrogen (secondary N) is 1. The van der Waals surface area contributed by atoms with E-state index in [4.69, 9.17) is 5.73 Å². The van der Waals surface area contributed by atoms with E-state index in [9.17, 15) is 4.79 Å². The average Bonchev–Trinajstić information content (AvgIpc) is 3.11. The number of hydrogen-bond acceptors (Lipinski definition) is 3. The monoisotopic (exact) mass is 255 g/mol. The quantitative estimate of drug-likeness (QED) is 0.654. The van der Waals surface area contributed by atoms with Crippen molar-refractivity contribution in [3.05, 3.63) is 0 Å². The number of carbonyl (C=O) groups is 1. The summed E-state index contributed by atoms with van der Waals surface area (Å²) in [6, 6.07) is 0.491. The van der Waals surface area contributed by atoms with Crippen molar-refractivity contribution in [2.24, 2.45) is 11.7 Å². The average molecular weight is 255 g/mol. The summed E-state index contributed by atoms with van der Waals surface area (Å²) in [5, 5.41) is 3.41. The molecule has 1 saturated carbocycles. The van der Waals surface area contributed by atoms with Gasteiger partial charge in [0.05, 0.1) is 0 Å². The van der Waals surface area contributed by atoms with E-state index in [2.05, 4.69) is 31.0 Å². The number of likely N-dealkylation sites (N-methyl/N-ethyl adjacent to an activating group) is 1. The smallest absolute Gasteiger partial charge is 0.238 e. The molecule has 106 valence electrons. The number of amides is 1. The molecule has 1 fully saturated rings. The van der Waals surface area contributed by atoms with Crippen LogP contribution in [0.4, 0.5) is 0 Å². The second-order valence-corrected chi connectivity index (χ2v) is 5.96. The van der Waals surface area contributed by atoms with Crippen molar-refractivity contribution in [2.75, 3.05) is 19.6 Å². The fraction of sp³-hybridized carbons (Fsp3) is 0.929. The Hall–Kier alpha value is -0.610. The fourth-order valence-electron chi connectivity index (χ4n) is 2.20. The molecule has 0 spiro atoms. The van der Waals surface area contributed by atoms with Crippen molar-refractivity contribution in [3.8, 4) is 0 Å². The van der Waals surface area contributed by atoms with Crippen molar-refractivity contribution in [2.45, 2.75) is 58.5 Å². The molecule has 18 heavy (non-hydrogen) atoms. The lowest BCUT2D eigenvalue weighted by Crippen LogP contribution is -2.60. The molecule has 1 amide bonds. The first kappa shape index (κ1) is 15.4. The maximum atomic E-state index is 11.7. The zero-order chi connectivity index (χ0) is 13.8. The molecule has 2 unspecified atom stereocenters. The molecule has 0 aromatic heterocycles. The first-order valence-corrected chi connectivity index (χ1v) is 7.21. The molecular weight excluding hydrogens is 226 g/mol. The summed E-state index contributed by atoms with van der Waals surface area (Å²) in [4.78, 5) is 14.1. The SMILES string of the molecule is CCC(C)CN(CC)CC(C)(NC1CC1)C(N)=O. The van der Waals surface area contributed by atoms with Crippen LogP contribution in [0.3, 0.4) is 0 Å². The zero-order valence-electron chi connectivity index (χ0n) is 12.3. The standard InChI is InChI=1S/C14H29N3O/c1-5-11(3)9-17(6-2)10-14(4,13(15)18)16-12-7-8-12/h11-12,16H,5-10H2,1-4H3,(H2,15,18). The number of primary amides is 1. The number of rotatable bonds is 9. The van der Waals surface area contributed by atoms with Crippen LogP contribution in [0.15, 0.2) is 0 Å². The highest BCUT2D eigenvalue weighted by Gasteiger charge is 2.38. The molecule has 1 aliphatic carbocycles. The minimum atomic E-state index is -0.593. The Labute approximate surface area is 111 Å². The van der Waals surface area contributed by atoms with E-state index in [1.807, 2.05) is 6.92 Å². The molecule has 0 heterocycles. The lowest BCUT2D eigenvalue weighted by Gasteiger charge is -2.34. The molecule has 0 aromatic carbocycles. The maximum absolute atomic E-state index is 11.7. The normalized spacial score (nSPS) is 20.7. The van der Waals surface area contributed by atoms with E-state index in [0.29, 0.717) is 18.5 Å². The van der Waals surface area contributed by atoms with Crippen LogP contribution in [0.5, 0.6) is 0 Å². The minimum absolute atomic E-state index is 0.239. The zero-order valence-corrected chi connectivity index (χ0v) is 12.3. The van der Waals surface area contributed by atoms with Crippen LogP contribution in [0.25, 0.3) is 0 Å². The molecule has 1 rings (SSSR count). The molecule has 4 nitrogen and oxygen atoms in total. The third-order valence-electron chi connectivity index (χ3n) is 3.90. The molecule has 0 aromatic rings. The summed E-state index contributed by atoms with van der Waals surface area (Å²) in [6.45, 7) is 11.2.